The average molecular weight is 391 g/mol. The van der Waals surface area contributed by atoms with Crippen LogP contribution in [-0.2, 0) is 4.79 Å². The molecule has 2 aliphatic carbocycles. The molecule has 2 aliphatic rings. The van der Waals surface area contributed by atoms with Crippen molar-refractivity contribution in [2.75, 3.05) is 5.75 Å². The highest BCUT2D eigenvalue weighted by Crippen LogP contribution is 2.49. The van der Waals surface area contributed by atoms with Crippen molar-refractivity contribution in [3.05, 3.63) is 35.6 Å². The summed E-state index contributed by atoms with van der Waals surface area (Å²) in [6, 6.07) is 7.76. The molecule has 0 spiro atoms. The van der Waals surface area contributed by atoms with Crippen LogP contribution in [0.3, 0.4) is 0 Å². The number of benzene rings is 1. The van der Waals surface area contributed by atoms with E-state index < -0.39 is 0 Å². The molecule has 1 aromatic carbocycles. The lowest BCUT2D eigenvalue weighted by Crippen LogP contribution is -2.40. The van der Waals surface area contributed by atoms with Crippen LogP contribution in [0.2, 0.25) is 5.02 Å². The molecule has 1 heterocycles. The Morgan fingerprint density at radius 2 is 2.31 bits per heavy atom. The minimum Gasteiger partial charge on any atom is -0.353 e. The Morgan fingerprint density at radius 3 is 3.04 bits per heavy atom. The smallest absolute Gasteiger partial charge is 0.230 e. The molecule has 26 heavy (non-hydrogen) atoms. The summed E-state index contributed by atoms with van der Waals surface area (Å²) in [5.74, 6) is 2.76. The quantitative estimate of drug-likeness (QED) is 0.758. The van der Waals surface area contributed by atoms with Gasteiger partial charge in [0.15, 0.2) is 5.16 Å². The number of nitrogens with one attached hydrogen (secondary N) is 1. The number of carbonyl (C=O) groups excluding carboxylic acids is 1. The van der Waals surface area contributed by atoms with Gasteiger partial charge in [-0.05, 0) is 62.1 Å². The second-order valence-electron chi connectivity index (χ2n) is 7.45. The van der Waals surface area contributed by atoms with Crippen molar-refractivity contribution in [3.8, 4) is 5.69 Å². The summed E-state index contributed by atoms with van der Waals surface area (Å²) in [6.07, 6.45) is 7.01. The Kier molecular flexibility index (Phi) is 5.23. The third kappa shape index (κ3) is 3.76. The van der Waals surface area contributed by atoms with E-state index in [0.717, 1.165) is 17.5 Å². The zero-order chi connectivity index (χ0) is 18.1. The lowest BCUT2D eigenvalue weighted by Gasteiger charge is -2.28. The lowest BCUT2D eigenvalue weighted by atomic mass is 9.84. The number of nitrogens with zero attached hydrogens (tertiary/aromatic N) is 3. The Bertz CT molecular complexity index is 795. The van der Waals surface area contributed by atoms with Crippen LogP contribution in [0.25, 0.3) is 5.69 Å². The van der Waals surface area contributed by atoms with Crippen molar-refractivity contribution in [1.29, 1.82) is 0 Å². The molecule has 0 saturated heterocycles. The number of thioether (sulfide) groups is 1. The SMILES string of the molecule is CC(NC(=O)CSc1nncn1-c1cccc(Cl)c1)C1CC2CCC1C2. The van der Waals surface area contributed by atoms with Gasteiger partial charge in [-0.25, -0.2) is 0 Å². The normalized spacial score (nSPS) is 25.4. The number of carbonyl (C=O) groups is 1. The van der Waals surface area contributed by atoms with Crippen molar-refractivity contribution in [2.24, 2.45) is 17.8 Å². The van der Waals surface area contributed by atoms with Crippen LogP contribution >= 0.6 is 23.4 Å². The zero-order valence-corrected chi connectivity index (χ0v) is 16.3. The monoisotopic (exact) mass is 390 g/mol. The van der Waals surface area contributed by atoms with E-state index in [0.29, 0.717) is 21.8 Å². The van der Waals surface area contributed by atoms with E-state index in [2.05, 4.69) is 22.4 Å². The number of hydrogen-bond donors (Lipinski definition) is 1. The Morgan fingerprint density at radius 1 is 1.42 bits per heavy atom. The summed E-state index contributed by atoms with van der Waals surface area (Å²) in [5, 5.41) is 12.7. The fourth-order valence-corrected chi connectivity index (χ4v) is 5.49. The minimum absolute atomic E-state index is 0.0610. The van der Waals surface area contributed by atoms with Crippen molar-refractivity contribution in [1.82, 2.24) is 20.1 Å². The van der Waals surface area contributed by atoms with Crippen molar-refractivity contribution in [2.45, 2.75) is 43.8 Å². The Labute approximate surface area is 162 Å². The van der Waals surface area contributed by atoms with Crippen LogP contribution in [0, 0.1) is 17.8 Å². The fraction of sp³-hybridized carbons (Fsp3) is 0.526. The van der Waals surface area contributed by atoms with Crippen LogP contribution in [0.1, 0.15) is 32.6 Å². The maximum atomic E-state index is 12.4. The number of amides is 1. The van der Waals surface area contributed by atoms with E-state index in [1.807, 2.05) is 28.8 Å². The van der Waals surface area contributed by atoms with Crippen LogP contribution < -0.4 is 5.32 Å². The molecule has 7 heteroatoms. The highest BCUT2D eigenvalue weighted by atomic mass is 35.5. The van der Waals surface area contributed by atoms with Gasteiger partial charge in [-0.1, -0.05) is 35.9 Å². The molecule has 4 unspecified atom stereocenters. The van der Waals surface area contributed by atoms with Gasteiger partial charge in [0.2, 0.25) is 5.91 Å². The van der Waals surface area contributed by atoms with E-state index in [9.17, 15) is 4.79 Å². The molecule has 2 aromatic rings. The van der Waals surface area contributed by atoms with Crippen molar-refractivity contribution < 1.29 is 4.79 Å². The number of rotatable bonds is 6. The van der Waals surface area contributed by atoms with Crippen LogP contribution in [0.5, 0.6) is 0 Å². The lowest BCUT2D eigenvalue weighted by molar-refractivity contribution is -0.119. The second-order valence-corrected chi connectivity index (χ2v) is 8.83. The van der Waals surface area contributed by atoms with Crippen molar-refractivity contribution in [3.63, 3.8) is 0 Å². The van der Waals surface area contributed by atoms with E-state index in [1.54, 1.807) is 6.33 Å². The first-order valence-corrected chi connectivity index (χ1v) is 10.5. The van der Waals surface area contributed by atoms with Gasteiger partial charge < -0.3 is 5.32 Å². The predicted molar refractivity (Wildman–Crippen MR) is 104 cm³/mol. The second kappa shape index (κ2) is 7.61. The van der Waals surface area contributed by atoms with E-state index in [4.69, 9.17) is 11.6 Å². The van der Waals surface area contributed by atoms with Gasteiger partial charge in [0.25, 0.3) is 0 Å². The van der Waals surface area contributed by atoms with Crippen LogP contribution in [0.15, 0.2) is 35.7 Å². The summed E-state index contributed by atoms with van der Waals surface area (Å²) in [4.78, 5) is 12.4. The Balaban J connectivity index is 1.33. The molecular weight excluding hydrogens is 368 g/mol. The highest BCUT2D eigenvalue weighted by Gasteiger charge is 2.42. The van der Waals surface area contributed by atoms with E-state index in [-0.39, 0.29) is 11.9 Å². The first-order valence-electron chi connectivity index (χ1n) is 9.18. The zero-order valence-electron chi connectivity index (χ0n) is 14.8. The maximum Gasteiger partial charge on any atom is 0.230 e. The van der Waals surface area contributed by atoms with Gasteiger partial charge in [-0.15, -0.1) is 10.2 Å². The third-order valence-corrected chi connectivity index (χ3v) is 6.94. The molecule has 0 radical (unpaired) electrons. The number of fused-ring (bicyclic) bond motifs is 2. The van der Waals surface area contributed by atoms with Gasteiger partial charge in [0, 0.05) is 11.1 Å². The Hall–Kier alpha value is -1.53. The molecule has 1 aromatic heterocycles. The van der Waals surface area contributed by atoms with Crippen LogP contribution in [0.4, 0.5) is 0 Å². The molecular formula is C19H23ClN4OS. The predicted octanol–water partition coefficient (Wildman–Crippen LogP) is 3.95. The molecule has 0 aliphatic heterocycles. The third-order valence-electron chi connectivity index (χ3n) is 5.76. The van der Waals surface area contributed by atoms with Crippen molar-refractivity contribution >= 4 is 29.3 Å². The first kappa shape index (κ1) is 17.9. The van der Waals surface area contributed by atoms with Gasteiger partial charge in [-0.2, -0.15) is 0 Å². The molecule has 2 saturated carbocycles. The number of aromatic nitrogens is 3. The first-order chi connectivity index (χ1) is 12.6. The van der Waals surface area contributed by atoms with Gasteiger partial charge in [-0.3, -0.25) is 9.36 Å². The minimum atomic E-state index is 0.0610. The van der Waals surface area contributed by atoms with Gasteiger partial charge >= 0.3 is 0 Å². The molecule has 138 valence electrons. The van der Waals surface area contributed by atoms with E-state index in [1.165, 1.54) is 37.4 Å². The number of hydrogen-bond acceptors (Lipinski definition) is 4. The summed E-state index contributed by atoms with van der Waals surface area (Å²) in [6.45, 7) is 2.16. The van der Waals surface area contributed by atoms with Gasteiger partial charge in [0.1, 0.15) is 6.33 Å². The molecule has 5 nitrogen and oxygen atoms in total. The summed E-state index contributed by atoms with van der Waals surface area (Å²) in [5.41, 5.74) is 0.890. The summed E-state index contributed by atoms with van der Waals surface area (Å²) >= 11 is 7.46. The molecule has 4 rings (SSSR count). The molecule has 1 amide bonds. The molecule has 4 atom stereocenters. The molecule has 1 N–H and O–H groups in total. The molecule has 2 bridgehead atoms. The van der Waals surface area contributed by atoms with Crippen LogP contribution in [-0.4, -0.2) is 32.5 Å². The van der Waals surface area contributed by atoms with Gasteiger partial charge in [0.05, 0.1) is 11.4 Å². The summed E-state index contributed by atoms with van der Waals surface area (Å²) in [7, 11) is 0. The maximum absolute atomic E-state index is 12.4. The topological polar surface area (TPSA) is 59.8 Å². The average Bonchev–Trinajstić information content (AvgIpc) is 3.36. The van der Waals surface area contributed by atoms with E-state index >= 15 is 0 Å². The highest BCUT2D eigenvalue weighted by molar-refractivity contribution is 7.99. The standard InChI is InChI=1S/C19H23ClN4OS/c1-12(17-8-13-5-6-14(17)7-13)22-18(25)10-26-19-23-21-11-24(19)16-4-2-3-15(20)9-16/h2-4,9,11-14,17H,5-8,10H2,1H3,(H,22,25). The summed E-state index contributed by atoms with van der Waals surface area (Å²) < 4.78 is 1.85. The fourth-order valence-electron chi connectivity index (χ4n) is 4.56. The largest absolute Gasteiger partial charge is 0.353 e. The number of halogens is 1. The molecule has 2 fully saturated rings.